The second-order valence-electron chi connectivity index (χ2n) is 4.25. The molecule has 2 N–H and O–H groups in total. The Morgan fingerprint density at radius 1 is 1.15 bits per heavy atom. The molecule has 20 heavy (non-hydrogen) atoms. The van der Waals surface area contributed by atoms with Crippen LogP contribution in [0.15, 0.2) is 6.33 Å². The van der Waals surface area contributed by atoms with Gasteiger partial charge in [0.1, 0.15) is 18.0 Å². The van der Waals surface area contributed by atoms with Gasteiger partial charge >= 0.3 is 12.3 Å². The summed E-state index contributed by atoms with van der Waals surface area (Å²) in [4.78, 5) is 7.89. The van der Waals surface area contributed by atoms with Gasteiger partial charge in [-0.2, -0.15) is 8.78 Å². The van der Waals surface area contributed by atoms with Crippen LogP contribution in [0.1, 0.15) is 25.8 Å². The van der Waals surface area contributed by atoms with E-state index in [0.29, 0.717) is 24.3 Å². The van der Waals surface area contributed by atoms with Gasteiger partial charge in [0.25, 0.3) is 0 Å². The molecule has 1 rings (SSSR count). The van der Waals surface area contributed by atoms with Gasteiger partial charge in [0.2, 0.25) is 0 Å². The zero-order valence-corrected chi connectivity index (χ0v) is 11.4. The molecule has 0 atom stereocenters. The van der Waals surface area contributed by atoms with Crippen molar-refractivity contribution >= 4 is 11.6 Å². The minimum atomic E-state index is -4.09. The van der Waals surface area contributed by atoms with Crippen LogP contribution < -0.4 is 10.6 Å². The molecule has 0 unspecified atom stereocenters. The average Bonchev–Trinajstić information content (AvgIpc) is 2.39. The summed E-state index contributed by atoms with van der Waals surface area (Å²) < 4.78 is 50.1. The number of rotatable bonds is 8. The van der Waals surface area contributed by atoms with E-state index in [1.54, 1.807) is 0 Å². The van der Waals surface area contributed by atoms with Crippen molar-refractivity contribution in [2.24, 2.45) is 0 Å². The van der Waals surface area contributed by atoms with Crippen LogP contribution in [0.2, 0.25) is 0 Å². The molecule has 8 heteroatoms. The van der Waals surface area contributed by atoms with Crippen LogP contribution in [-0.2, 0) is 6.42 Å². The molecule has 1 aromatic rings. The molecule has 0 radical (unpaired) electrons. The first-order valence-electron chi connectivity index (χ1n) is 6.40. The van der Waals surface area contributed by atoms with E-state index in [-0.39, 0.29) is 5.82 Å². The van der Waals surface area contributed by atoms with Crippen molar-refractivity contribution in [2.75, 3.05) is 23.7 Å². The summed E-state index contributed by atoms with van der Waals surface area (Å²) in [5.74, 6) is -3.39. The molecular weight excluding hydrogens is 276 g/mol. The van der Waals surface area contributed by atoms with Gasteiger partial charge in [0, 0.05) is 12.1 Å². The molecule has 0 aliphatic carbocycles. The van der Waals surface area contributed by atoms with Crippen molar-refractivity contribution in [3.8, 4) is 0 Å². The predicted octanol–water partition coefficient (Wildman–Crippen LogP) is 3.17. The van der Waals surface area contributed by atoms with Crippen molar-refractivity contribution in [1.29, 1.82) is 0 Å². The number of nitrogens with one attached hydrogen (secondary N) is 2. The highest BCUT2D eigenvalue weighted by Crippen LogP contribution is 2.26. The molecule has 0 aliphatic heterocycles. The lowest BCUT2D eigenvalue weighted by Gasteiger charge is -2.18. The summed E-state index contributed by atoms with van der Waals surface area (Å²) in [7, 11) is 0. The zero-order valence-electron chi connectivity index (χ0n) is 11.4. The fraction of sp³-hybridized carbons (Fsp3) is 0.667. The van der Waals surface area contributed by atoms with Crippen LogP contribution in [0.4, 0.5) is 29.2 Å². The second kappa shape index (κ2) is 7.25. The number of anilines is 2. The molecular formula is C12H18F4N4. The smallest absolute Gasteiger partial charge is 0.324 e. The first kappa shape index (κ1) is 16.5. The predicted molar refractivity (Wildman–Crippen MR) is 69.6 cm³/mol. The van der Waals surface area contributed by atoms with Gasteiger partial charge in [-0.05, 0) is 13.3 Å². The molecule has 0 spiro atoms. The topological polar surface area (TPSA) is 49.8 Å². The van der Waals surface area contributed by atoms with E-state index in [1.165, 1.54) is 6.33 Å². The highest BCUT2D eigenvalue weighted by Gasteiger charge is 2.40. The Balaban J connectivity index is 2.91. The monoisotopic (exact) mass is 294 g/mol. The number of hydrogen-bond donors (Lipinski definition) is 2. The first-order valence-corrected chi connectivity index (χ1v) is 6.40. The molecule has 0 bridgehead atoms. The van der Waals surface area contributed by atoms with Crippen LogP contribution in [0.25, 0.3) is 0 Å². The third kappa shape index (κ3) is 4.21. The van der Waals surface area contributed by atoms with E-state index in [1.807, 2.05) is 13.8 Å². The van der Waals surface area contributed by atoms with Crippen molar-refractivity contribution < 1.29 is 17.6 Å². The van der Waals surface area contributed by atoms with Crippen molar-refractivity contribution in [3.05, 3.63) is 11.9 Å². The second-order valence-corrected chi connectivity index (χ2v) is 4.25. The highest BCUT2D eigenvalue weighted by atomic mass is 19.3. The third-order valence-corrected chi connectivity index (χ3v) is 2.60. The van der Waals surface area contributed by atoms with Crippen LogP contribution in [0.3, 0.4) is 0 Å². The zero-order chi connectivity index (χ0) is 15.2. The van der Waals surface area contributed by atoms with Gasteiger partial charge in [-0.25, -0.2) is 18.7 Å². The Morgan fingerprint density at radius 3 is 2.25 bits per heavy atom. The number of nitrogens with zero attached hydrogens (tertiary/aromatic N) is 2. The summed E-state index contributed by atoms with van der Waals surface area (Å²) in [6, 6.07) is 0. The first-order chi connectivity index (χ1) is 9.42. The lowest BCUT2D eigenvalue weighted by molar-refractivity contribution is -0.117. The van der Waals surface area contributed by atoms with Gasteiger partial charge in [0.15, 0.2) is 0 Å². The molecule has 0 aliphatic rings. The van der Waals surface area contributed by atoms with Crippen LogP contribution >= 0.6 is 0 Å². The molecule has 0 saturated heterocycles. The van der Waals surface area contributed by atoms with Crippen LogP contribution in [0.5, 0.6) is 0 Å². The number of aromatic nitrogens is 2. The minimum Gasteiger partial charge on any atom is -0.370 e. The molecule has 0 aromatic carbocycles. The van der Waals surface area contributed by atoms with Gasteiger partial charge in [0.05, 0.1) is 6.54 Å². The summed E-state index contributed by atoms with van der Waals surface area (Å²) >= 11 is 0. The van der Waals surface area contributed by atoms with Gasteiger partial charge < -0.3 is 10.6 Å². The molecule has 1 heterocycles. The van der Waals surface area contributed by atoms with E-state index in [2.05, 4.69) is 20.6 Å². The molecule has 1 aromatic heterocycles. The summed E-state index contributed by atoms with van der Waals surface area (Å²) in [5.41, 5.74) is 0.627. The van der Waals surface area contributed by atoms with Crippen molar-refractivity contribution in [3.63, 3.8) is 0 Å². The maximum absolute atomic E-state index is 12.9. The maximum Gasteiger partial charge on any atom is 0.324 e. The lowest BCUT2D eigenvalue weighted by atomic mass is 10.1. The lowest BCUT2D eigenvalue weighted by Crippen LogP contribution is -2.35. The number of alkyl halides is 4. The van der Waals surface area contributed by atoms with E-state index < -0.39 is 18.9 Å². The molecule has 0 saturated carbocycles. The van der Waals surface area contributed by atoms with Gasteiger partial charge in [-0.15, -0.1) is 0 Å². The van der Waals surface area contributed by atoms with Crippen LogP contribution in [0, 0.1) is 0 Å². The fourth-order valence-electron chi connectivity index (χ4n) is 1.65. The summed E-state index contributed by atoms with van der Waals surface area (Å²) in [6.07, 6.45) is -1.18. The largest absolute Gasteiger partial charge is 0.370 e. The number of halogens is 4. The number of hydrogen-bond acceptors (Lipinski definition) is 4. The Labute approximate surface area is 115 Å². The van der Waals surface area contributed by atoms with E-state index in [4.69, 9.17) is 0 Å². The van der Waals surface area contributed by atoms with Crippen molar-refractivity contribution in [2.45, 2.75) is 39.0 Å². The van der Waals surface area contributed by atoms with Gasteiger partial charge in [-0.3, -0.25) is 0 Å². The molecule has 0 amide bonds. The third-order valence-electron chi connectivity index (χ3n) is 2.60. The van der Waals surface area contributed by atoms with E-state index in [9.17, 15) is 17.6 Å². The average molecular weight is 294 g/mol. The maximum atomic E-state index is 12.9. The summed E-state index contributed by atoms with van der Waals surface area (Å²) in [6.45, 7) is 3.24. The Bertz CT molecular complexity index is 426. The normalized spacial score (nSPS) is 11.8. The standard InChI is InChI=1S/C12H18F4N4/c1-3-5-8-9(17-4-2)19-7-20-10(8)18-6-12(15,16)11(13)14/h7,11H,3-6H2,1-2H3,(H2,17,18,19,20). The Morgan fingerprint density at radius 2 is 1.75 bits per heavy atom. The fourth-order valence-corrected chi connectivity index (χ4v) is 1.65. The van der Waals surface area contributed by atoms with Crippen molar-refractivity contribution in [1.82, 2.24) is 9.97 Å². The molecule has 0 fully saturated rings. The highest BCUT2D eigenvalue weighted by molar-refractivity contribution is 5.57. The summed E-state index contributed by atoms with van der Waals surface area (Å²) in [5, 5.41) is 5.29. The van der Waals surface area contributed by atoms with E-state index in [0.717, 1.165) is 6.42 Å². The quantitative estimate of drug-likeness (QED) is 0.723. The van der Waals surface area contributed by atoms with E-state index >= 15 is 0 Å². The SMILES string of the molecule is CCCc1c(NCC)ncnc1NCC(F)(F)C(F)F. The van der Waals surface area contributed by atoms with Gasteiger partial charge in [-0.1, -0.05) is 13.3 Å². The minimum absolute atomic E-state index is 0.165. The molecule has 114 valence electrons. The Kier molecular flexibility index (Phi) is 5.97. The van der Waals surface area contributed by atoms with Crippen LogP contribution in [-0.4, -0.2) is 35.4 Å². The molecule has 4 nitrogen and oxygen atoms in total. The Hall–Kier alpha value is -1.60.